The predicted octanol–water partition coefficient (Wildman–Crippen LogP) is 3.62. The molecule has 150 valence electrons. The monoisotopic (exact) mass is 410 g/mol. The molecule has 6 nitrogen and oxygen atoms in total. The van der Waals surface area contributed by atoms with Gasteiger partial charge < -0.3 is 10.1 Å². The van der Waals surface area contributed by atoms with E-state index in [9.17, 15) is 13.2 Å². The molecule has 0 aliphatic heterocycles. The van der Waals surface area contributed by atoms with Crippen molar-refractivity contribution in [2.75, 3.05) is 26.0 Å². The quantitative estimate of drug-likeness (QED) is 0.645. The minimum atomic E-state index is -3.50. The Morgan fingerprint density at radius 3 is 2.17 bits per heavy atom. The highest BCUT2D eigenvalue weighted by Crippen LogP contribution is 2.29. The summed E-state index contributed by atoms with van der Waals surface area (Å²) < 4.78 is 31.0. The summed E-state index contributed by atoms with van der Waals surface area (Å²) in [5.41, 5.74) is 2.40. The van der Waals surface area contributed by atoms with Crippen molar-refractivity contribution in [3.05, 3.63) is 78.9 Å². The van der Waals surface area contributed by atoms with E-state index in [1.165, 1.54) is 26.2 Å². The molecule has 0 fully saturated rings. The van der Waals surface area contributed by atoms with Gasteiger partial charge in [0.05, 0.1) is 4.90 Å². The summed E-state index contributed by atoms with van der Waals surface area (Å²) in [6.45, 7) is -0.165. The van der Waals surface area contributed by atoms with Crippen molar-refractivity contribution in [2.45, 2.75) is 4.90 Å². The maximum atomic E-state index is 12.3. The number of nitrogens with zero attached hydrogens (tertiary/aromatic N) is 1. The summed E-state index contributed by atoms with van der Waals surface area (Å²) in [6.07, 6.45) is 0. The molecule has 3 rings (SSSR count). The number of sulfonamides is 1. The fraction of sp³-hybridized carbons (Fsp3) is 0.136. The highest BCUT2D eigenvalue weighted by Gasteiger charge is 2.17. The van der Waals surface area contributed by atoms with Crippen LogP contribution in [0.4, 0.5) is 5.69 Å². The second-order valence-electron chi connectivity index (χ2n) is 6.51. The predicted molar refractivity (Wildman–Crippen MR) is 113 cm³/mol. The minimum absolute atomic E-state index is 0.161. The van der Waals surface area contributed by atoms with Gasteiger partial charge in [-0.25, -0.2) is 12.7 Å². The van der Waals surface area contributed by atoms with Gasteiger partial charge in [0.1, 0.15) is 5.75 Å². The highest BCUT2D eigenvalue weighted by molar-refractivity contribution is 7.89. The zero-order chi connectivity index (χ0) is 20.9. The molecule has 29 heavy (non-hydrogen) atoms. The molecule has 0 spiro atoms. The normalized spacial score (nSPS) is 11.3. The summed E-state index contributed by atoms with van der Waals surface area (Å²) in [5.74, 6) is 0.275. The average molecular weight is 410 g/mol. The van der Waals surface area contributed by atoms with Gasteiger partial charge in [0, 0.05) is 25.3 Å². The molecule has 0 radical (unpaired) electrons. The van der Waals surface area contributed by atoms with Gasteiger partial charge in [-0.1, -0.05) is 48.5 Å². The highest BCUT2D eigenvalue weighted by atomic mass is 32.2. The van der Waals surface area contributed by atoms with Crippen LogP contribution in [0.15, 0.2) is 83.8 Å². The van der Waals surface area contributed by atoms with Crippen LogP contribution in [0, 0.1) is 0 Å². The van der Waals surface area contributed by atoms with Crippen LogP contribution >= 0.6 is 0 Å². The zero-order valence-corrected chi connectivity index (χ0v) is 17.0. The number of amides is 1. The van der Waals surface area contributed by atoms with Crippen LogP contribution in [-0.2, 0) is 14.8 Å². The molecular formula is C22H22N2O4S. The fourth-order valence-electron chi connectivity index (χ4n) is 2.71. The molecule has 3 aromatic rings. The number of hydrogen-bond donors (Lipinski definition) is 1. The number of para-hydroxylation sites is 1. The second kappa shape index (κ2) is 8.89. The van der Waals surface area contributed by atoms with E-state index in [1.54, 1.807) is 12.1 Å². The van der Waals surface area contributed by atoms with Gasteiger partial charge >= 0.3 is 0 Å². The first-order valence-electron chi connectivity index (χ1n) is 8.97. The second-order valence-corrected chi connectivity index (χ2v) is 8.66. The van der Waals surface area contributed by atoms with Crippen LogP contribution in [0.3, 0.4) is 0 Å². The molecule has 1 N–H and O–H groups in total. The maximum Gasteiger partial charge on any atom is 0.262 e. The summed E-state index contributed by atoms with van der Waals surface area (Å²) >= 11 is 0. The third-order valence-corrected chi connectivity index (χ3v) is 6.08. The number of carbonyl (C=O) groups is 1. The zero-order valence-electron chi connectivity index (χ0n) is 16.2. The lowest BCUT2D eigenvalue weighted by molar-refractivity contribution is -0.118. The van der Waals surface area contributed by atoms with E-state index in [0.717, 1.165) is 15.4 Å². The van der Waals surface area contributed by atoms with Crippen LogP contribution < -0.4 is 10.1 Å². The molecule has 0 saturated carbocycles. The number of ether oxygens (including phenoxy) is 1. The molecule has 0 bridgehead atoms. The van der Waals surface area contributed by atoms with Crippen LogP contribution in [0.5, 0.6) is 5.75 Å². The van der Waals surface area contributed by atoms with Crippen molar-refractivity contribution >= 4 is 21.6 Å². The van der Waals surface area contributed by atoms with E-state index in [1.807, 2.05) is 54.6 Å². The Balaban J connectivity index is 1.64. The number of hydrogen-bond acceptors (Lipinski definition) is 4. The molecule has 0 aromatic heterocycles. The van der Waals surface area contributed by atoms with Gasteiger partial charge in [-0.3, -0.25) is 4.79 Å². The number of anilines is 1. The fourth-order valence-corrected chi connectivity index (χ4v) is 3.61. The average Bonchev–Trinajstić information content (AvgIpc) is 2.73. The van der Waals surface area contributed by atoms with E-state index in [-0.39, 0.29) is 17.4 Å². The van der Waals surface area contributed by atoms with E-state index < -0.39 is 10.0 Å². The number of rotatable bonds is 7. The number of nitrogens with one attached hydrogen (secondary N) is 1. The smallest absolute Gasteiger partial charge is 0.262 e. The van der Waals surface area contributed by atoms with E-state index in [0.29, 0.717) is 11.4 Å². The first-order valence-corrected chi connectivity index (χ1v) is 10.4. The molecule has 3 aromatic carbocycles. The summed E-state index contributed by atoms with van der Waals surface area (Å²) in [7, 11) is -0.568. The van der Waals surface area contributed by atoms with Crippen LogP contribution in [0.1, 0.15) is 0 Å². The molecular weight excluding hydrogens is 388 g/mol. The van der Waals surface area contributed by atoms with Gasteiger partial charge in [-0.2, -0.15) is 0 Å². The Labute approximate surface area is 170 Å². The van der Waals surface area contributed by atoms with Crippen molar-refractivity contribution in [1.82, 2.24) is 4.31 Å². The van der Waals surface area contributed by atoms with Crippen LogP contribution in [0.2, 0.25) is 0 Å². The Kier molecular flexibility index (Phi) is 6.31. The summed E-state index contributed by atoms with van der Waals surface area (Å²) in [4.78, 5) is 12.4. The van der Waals surface area contributed by atoms with Crippen molar-refractivity contribution in [3.8, 4) is 16.9 Å². The minimum Gasteiger partial charge on any atom is -0.483 e. The molecule has 0 aliphatic carbocycles. The van der Waals surface area contributed by atoms with E-state index in [2.05, 4.69) is 5.32 Å². The molecule has 0 heterocycles. The topological polar surface area (TPSA) is 75.7 Å². The Morgan fingerprint density at radius 1 is 0.897 bits per heavy atom. The van der Waals surface area contributed by atoms with Crippen molar-refractivity contribution in [1.29, 1.82) is 0 Å². The molecule has 0 saturated heterocycles. The lowest BCUT2D eigenvalue weighted by atomic mass is 10.1. The van der Waals surface area contributed by atoms with Crippen LogP contribution in [0.25, 0.3) is 11.1 Å². The molecule has 0 unspecified atom stereocenters. The molecule has 0 atom stereocenters. The van der Waals surface area contributed by atoms with E-state index in [4.69, 9.17) is 4.74 Å². The largest absolute Gasteiger partial charge is 0.483 e. The SMILES string of the molecule is CN(C)S(=O)(=O)c1ccc(NC(=O)COc2ccccc2-c2ccccc2)cc1. The standard InChI is InChI=1S/C22H22N2O4S/c1-24(2)29(26,27)19-14-12-18(13-15-19)23-22(25)16-28-21-11-7-6-10-20(21)17-8-4-3-5-9-17/h3-15H,16H2,1-2H3,(H,23,25). The number of carbonyl (C=O) groups excluding carboxylic acids is 1. The third kappa shape index (κ3) is 5.01. The summed E-state index contributed by atoms with van der Waals surface area (Å²) in [6, 6.07) is 23.3. The van der Waals surface area contributed by atoms with Gasteiger partial charge in [0.15, 0.2) is 6.61 Å². The van der Waals surface area contributed by atoms with Crippen molar-refractivity contribution in [3.63, 3.8) is 0 Å². The first-order chi connectivity index (χ1) is 13.9. The van der Waals surface area contributed by atoms with Gasteiger partial charge in [-0.05, 0) is 35.9 Å². The van der Waals surface area contributed by atoms with E-state index >= 15 is 0 Å². The third-order valence-electron chi connectivity index (χ3n) is 4.25. The molecule has 7 heteroatoms. The number of benzene rings is 3. The van der Waals surface area contributed by atoms with Crippen molar-refractivity contribution in [2.24, 2.45) is 0 Å². The summed E-state index contributed by atoms with van der Waals surface area (Å²) in [5, 5.41) is 2.71. The molecule has 1 amide bonds. The van der Waals surface area contributed by atoms with Crippen molar-refractivity contribution < 1.29 is 17.9 Å². The van der Waals surface area contributed by atoms with Gasteiger partial charge in [0.2, 0.25) is 10.0 Å². The Bertz CT molecular complexity index is 1080. The molecule has 0 aliphatic rings. The Hall–Kier alpha value is -3.16. The van der Waals surface area contributed by atoms with Gasteiger partial charge in [0.25, 0.3) is 5.91 Å². The first kappa shape index (κ1) is 20.6. The lowest BCUT2D eigenvalue weighted by Crippen LogP contribution is -2.22. The maximum absolute atomic E-state index is 12.3. The Morgan fingerprint density at radius 2 is 1.52 bits per heavy atom. The van der Waals surface area contributed by atoms with Crippen LogP contribution in [-0.4, -0.2) is 39.3 Å². The van der Waals surface area contributed by atoms with Gasteiger partial charge in [-0.15, -0.1) is 0 Å². The lowest BCUT2D eigenvalue weighted by Gasteiger charge is -2.13.